The molecule has 31 heavy (non-hydrogen) atoms. The molecule has 1 aliphatic heterocycles. The summed E-state index contributed by atoms with van der Waals surface area (Å²) in [6.07, 6.45) is -9.22. The zero-order chi connectivity index (χ0) is 22.9. The SMILES string of the molecule is CN(C)CCC1(COCc2cc(C(F)(F)F)cc(C(F)(F)F)c2)OCc2ccccc21. The molecule has 170 valence electrons. The summed E-state index contributed by atoms with van der Waals surface area (Å²) in [5.74, 6) is 0. The van der Waals surface area contributed by atoms with Crippen LogP contribution in [0, 0.1) is 0 Å². The smallest absolute Gasteiger partial charge is 0.373 e. The second-order valence-corrected chi connectivity index (χ2v) is 7.90. The van der Waals surface area contributed by atoms with Crippen LogP contribution in [0.1, 0.15) is 34.2 Å². The molecule has 0 aromatic heterocycles. The number of hydrogen-bond donors (Lipinski definition) is 0. The molecule has 3 rings (SSSR count). The van der Waals surface area contributed by atoms with Crippen LogP contribution in [0.3, 0.4) is 0 Å². The molecule has 1 unspecified atom stereocenters. The first-order valence-corrected chi connectivity index (χ1v) is 9.64. The van der Waals surface area contributed by atoms with Crippen LogP contribution < -0.4 is 0 Å². The first-order chi connectivity index (χ1) is 14.4. The maximum absolute atomic E-state index is 13.1. The first kappa shape index (κ1) is 23.6. The van der Waals surface area contributed by atoms with E-state index in [0.29, 0.717) is 31.7 Å². The quantitative estimate of drug-likeness (QED) is 0.515. The van der Waals surface area contributed by atoms with Crippen molar-refractivity contribution in [1.29, 1.82) is 0 Å². The van der Waals surface area contributed by atoms with Crippen LogP contribution in [0.15, 0.2) is 42.5 Å². The molecule has 0 bridgehead atoms. The number of alkyl halides is 6. The summed E-state index contributed by atoms with van der Waals surface area (Å²) in [6.45, 7) is 0.645. The van der Waals surface area contributed by atoms with Crippen molar-refractivity contribution in [2.24, 2.45) is 0 Å². The summed E-state index contributed by atoms with van der Waals surface area (Å²) in [6, 6.07) is 9.06. The molecule has 0 fully saturated rings. The van der Waals surface area contributed by atoms with Gasteiger partial charge < -0.3 is 14.4 Å². The number of fused-ring (bicyclic) bond motifs is 1. The maximum atomic E-state index is 13.1. The Morgan fingerprint density at radius 1 is 0.968 bits per heavy atom. The lowest BCUT2D eigenvalue weighted by Crippen LogP contribution is -2.35. The van der Waals surface area contributed by atoms with Crippen LogP contribution in [0.2, 0.25) is 0 Å². The molecule has 0 saturated heterocycles. The third-order valence-corrected chi connectivity index (χ3v) is 5.23. The Kier molecular flexibility index (Phi) is 6.69. The average Bonchev–Trinajstić information content (AvgIpc) is 3.04. The van der Waals surface area contributed by atoms with E-state index in [1.165, 1.54) is 0 Å². The van der Waals surface area contributed by atoms with Crippen LogP contribution in [-0.4, -0.2) is 32.1 Å². The van der Waals surface area contributed by atoms with E-state index in [1.54, 1.807) is 0 Å². The van der Waals surface area contributed by atoms with Gasteiger partial charge in [0.1, 0.15) is 5.60 Å². The highest BCUT2D eigenvalue weighted by molar-refractivity contribution is 5.36. The van der Waals surface area contributed by atoms with Gasteiger partial charge in [-0.1, -0.05) is 24.3 Å². The van der Waals surface area contributed by atoms with E-state index >= 15 is 0 Å². The number of hydrogen-bond acceptors (Lipinski definition) is 3. The summed E-state index contributed by atoms with van der Waals surface area (Å²) in [7, 11) is 3.80. The normalized spacial score (nSPS) is 19.1. The van der Waals surface area contributed by atoms with E-state index in [2.05, 4.69) is 0 Å². The molecule has 3 nitrogen and oxygen atoms in total. The van der Waals surface area contributed by atoms with Crippen molar-refractivity contribution in [2.45, 2.75) is 37.6 Å². The van der Waals surface area contributed by atoms with Crippen molar-refractivity contribution < 1.29 is 35.8 Å². The van der Waals surface area contributed by atoms with Crippen molar-refractivity contribution in [3.63, 3.8) is 0 Å². The van der Waals surface area contributed by atoms with E-state index in [0.717, 1.165) is 11.1 Å². The van der Waals surface area contributed by atoms with Gasteiger partial charge in [0.25, 0.3) is 0 Å². The molecular formula is C22H23F6NO2. The Balaban J connectivity index is 1.81. The van der Waals surface area contributed by atoms with Crippen LogP contribution in [0.5, 0.6) is 0 Å². The second-order valence-electron chi connectivity index (χ2n) is 7.90. The third kappa shape index (κ3) is 5.58. The van der Waals surface area contributed by atoms with Gasteiger partial charge in [0.05, 0.1) is 30.9 Å². The Morgan fingerprint density at radius 2 is 1.58 bits per heavy atom. The number of benzene rings is 2. The van der Waals surface area contributed by atoms with E-state index in [9.17, 15) is 26.3 Å². The third-order valence-electron chi connectivity index (χ3n) is 5.23. The minimum Gasteiger partial charge on any atom is -0.373 e. The highest BCUT2D eigenvalue weighted by atomic mass is 19.4. The second kappa shape index (κ2) is 8.80. The molecular weight excluding hydrogens is 424 g/mol. The Hall–Kier alpha value is -2.10. The summed E-state index contributed by atoms with van der Waals surface area (Å²) in [5, 5.41) is 0. The van der Waals surface area contributed by atoms with Gasteiger partial charge in [-0.15, -0.1) is 0 Å². The van der Waals surface area contributed by atoms with Gasteiger partial charge in [-0.05, 0) is 55.4 Å². The van der Waals surface area contributed by atoms with Gasteiger partial charge in [0, 0.05) is 6.54 Å². The summed E-state index contributed by atoms with van der Waals surface area (Å²) in [4.78, 5) is 1.97. The standard InChI is InChI=1S/C22H23F6NO2/c1-29(2)8-7-20(19-6-4-3-5-16(19)13-31-20)14-30-12-15-9-17(21(23,24)25)11-18(10-15)22(26,27)28/h3-6,9-11H,7-8,12-14H2,1-2H3. The first-order valence-electron chi connectivity index (χ1n) is 9.64. The fourth-order valence-electron chi connectivity index (χ4n) is 3.62. The van der Waals surface area contributed by atoms with Gasteiger partial charge in [-0.25, -0.2) is 0 Å². The summed E-state index contributed by atoms with van der Waals surface area (Å²) in [5.41, 5.74) is -1.80. The summed E-state index contributed by atoms with van der Waals surface area (Å²) < 4.78 is 90.1. The lowest BCUT2D eigenvalue weighted by molar-refractivity contribution is -0.143. The van der Waals surface area contributed by atoms with E-state index < -0.39 is 35.7 Å². The molecule has 1 atom stereocenters. The fraction of sp³-hybridized carbons (Fsp3) is 0.455. The minimum atomic E-state index is -4.89. The monoisotopic (exact) mass is 447 g/mol. The van der Waals surface area contributed by atoms with Crippen molar-refractivity contribution in [2.75, 3.05) is 27.2 Å². The number of nitrogens with zero attached hydrogens (tertiary/aromatic N) is 1. The number of rotatable bonds is 7. The largest absolute Gasteiger partial charge is 0.416 e. The molecule has 0 N–H and O–H groups in total. The van der Waals surface area contributed by atoms with Crippen molar-refractivity contribution >= 4 is 0 Å². The van der Waals surface area contributed by atoms with E-state index in [-0.39, 0.29) is 18.2 Å². The fourth-order valence-corrected chi connectivity index (χ4v) is 3.62. The van der Waals surface area contributed by atoms with Crippen LogP contribution in [0.4, 0.5) is 26.3 Å². The highest BCUT2D eigenvalue weighted by Gasteiger charge is 2.40. The zero-order valence-corrected chi connectivity index (χ0v) is 17.1. The Bertz CT molecular complexity index is 877. The number of halogens is 6. The van der Waals surface area contributed by atoms with Gasteiger partial charge in [0.2, 0.25) is 0 Å². The predicted molar refractivity (Wildman–Crippen MR) is 102 cm³/mol. The molecule has 0 spiro atoms. The van der Waals surface area contributed by atoms with Crippen molar-refractivity contribution in [3.8, 4) is 0 Å². The summed E-state index contributed by atoms with van der Waals surface area (Å²) >= 11 is 0. The van der Waals surface area contributed by atoms with Gasteiger partial charge in [-0.2, -0.15) is 26.3 Å². The molecule has 1 heterocycles. The Morgan fingerprint density at radius 3 is 2.16 bits per heavy atom. The highest BCUT2D eigenvalue weighted by Crippen LogP contribution is 2.40. The van der Waals surface area contributed by atoms with Gasteiger partial charge in [0.15, 0.2) is 0 Å². The lowest BCUT2D eigenvalue weighted by atomic mass is 9.90. The van der Waals surface area contributed by atoms with E-state index in [1.807, 2.05) is 43.3 Å². The number of ether oxygens (including phenoxy) is 2. The van der Waals surface area contributed by atoms with Gasteiger partial charge in [-0.3, -0.25) is 0 Å². The molecule has 2 aromatic rings. The topological polar surface area (TPSA) is 21.7 Å². The lowest BCUT2D eigenvalue weighted by Gasteiger charge is -2.31. The molecule has 0 radical (unpaired) electrons. The predicted octanol–water partition coefficient (Wildman–Crippen LogP) is 5.62. The van der Waals surface area contributed by atoms with Crippen LogP contribution in [0.25, 0.3) is 0 Å². The maximum Gasteiger partial charge on any atom is 0.416 e. The molecule has 0 saturated carbocycles. The van der Waals surface area contributed by atoms with Crippen molar-refractivity contribution in [3.05, 3.63) is 70.3 Å². The Labute approximate surface area is 176 Å². The molecule has 2 aromatic carbocycles. The molecule has 0 aliphatic carbocycles. The van der Waals surface area contributed by atoms with Gasteiger partial charge >= 0.3 is 12.4 Å². The van der Waals surface area contributed by atoms with Crippen LogP contribution >= 0.6 is 0 Å². The molecule has 9 heteroatoms. The van der Waals surface area contributed by atoms with Crippen LogP contribution in [-0.2, 0) is 40.6 Å². The zero-order valence-electron chi connectivity index (χ0n) is 17.1. The van der Waals surface area contributed by atoms with Crippen molar-refractivity contribution in [1.82, 2.24) is 4.90 Å². The van der Waals surface area contributed by atoms with E-state index in [4.69, 9.17) is 9.47 Å². The molecule has 1 aliphatic rings. The average molecular weight is 447 g/mol. The minimum absolute atomic E-state index is 0.00937. The molecule has 0 amide bonds.